The van der Waals surface area contributed by atoms with Crippen LogP contribution >= 0.6 is 0 Å². The van der Waals surface area contributed by atoms with Crippen molar-refractivity contribution in [3.05, 3.63) is 60.8 Å². The standard InChI is InChI=1S/C27H43NO4/c1-5-6-7-8-9-10-11-12-13-14-15-16-17-18-19-20-21-22-27(31)32-25(23-26(29)30)24-28(2,3)4/h6-7,9-10,12-13,15-16,18-19,25H,5,8,11,14,17,20-24H2,1-4H3/b7-6-,10-9-,13-12-,16-15-,19-18-. The number of likely N-dealkylation sites (N-methyl/N-ethyl adjacent to an activating group) is 1. The zero-order valence-corrected chi connectivity index (χ0v) is 20.5. The van der Waals surface area contributed by atoms with E-state index >= 15 is 0 Å². The van der Waals surface area contributed by atoms with Crippen molar-refractivity contribution in [3.8, 4) is 0 Å². The second-order valence-corrected chi connectivity index (χ2v) is 8.76. The fourth-order valence-electron chi connectivity index (χ4n) is 2.92. The van der Waals surface area contributed by atoms with Crippen LogP contribution in [0.15, 0.2) is 60.8 Å². The van der Waals surface area contributed by atoms with Gasteiger partial charge in [0.25, 0.3) is 0 Å². The summed E-state index contributed by atoms with van der Waals surface area (Å²) < 4.78 is 5.86. The molecule has 1 unspecified atom stereocenters. The molecule has 0 heterocycles. The van der Waals surface area contributed by atoms with Crippen LogP contribution in [0.25, 0.3) is 0 Å². The highest BCUT2D eigenvalue weighted by atomic mass is 16.5. The number of hydrogen-bond acceptors (Lipinski definition) is 4. The Balaban J connectivity index is 3.89. The van der Waals surface area contributed by atoms with Crippen molar-refractivity contribution >= 4 is 11.9 Å². The van der Waals surface area contributed by atoms with Crippen LogP contribution in [-0.4, -0.2) is 50.2 Å². The molecule has 0 aliphatic rings. The molecule has 0 aliphatic heterocycles. The van der Waals surface area contributed by atoms with Gasteiger partial charge in [-0.25, -0.2) is 0 Å². The highest BCUT2D eigenvalue weighted by Crippen LogP contribution is 2.08. The maximum Gasteiger partial charge on any atom is 0.306 e. The van der Waals surface area contributed by atoms with Crippen LogP contribution in [0.4, 0.5) is 0 Å². The normalized spacial score (nSPS) is 13.9. The number of aliphatic carboxylic acids is 1. The fourth-order valence-corrected chi connectivity index (χ4v) is 2.92. The minimum absolute atomic E-state index is 0.268. The number of ether oxygens (including phenoxy) is 1. The lowest BCUT2D eigenvalue weighted by Crippen LogP contribution is -2.45. The number of nitrogens with zero attached hydrogens (tertiary/aromatic N) is 1. The molecule has 5 heteroatoms. The average Bonchev–Trinajstić information content (AvgIpc) is 2.68. The van der Waals surface area contributed by atoms with Gasteiger partial charge in [0, 0.05) is 18.8 Å². The van der Waals surface area contributed by atoms with E-state index in [2.05, 4.69) is 67.7 Å². The number of carbonyl (C=O) groups is 2. The summed E-state index contributed by atoms with van der Waals surface area (Å²) in [6.07, 6.45) is 27.3. The topological polar surface area (TPSA) is 66.4 Å². The number of carbonyl (C=O) groups excluding carboxylic acids is 2. The lowest BCUT2D eigenvalue weighted by atomic mass is 10.2. The van der Waals surface area contributed by atoms with E-state index < -0.39 is 12.1 Å². The molecule has 0 amide bonds. The van der Waals surface area contributed by atoms with Crippen LogP contribution in [-0.2, 0) is 14.3 Å². The Morgan fingerprint density at radius 2 is 1.28 bits per heavy atom. The number of carboxylic acid groups (broad SMARTS) is 1. The van der Waals surface area contributed by atoms with E-state index in [9.17, 15) is 14.7 Å². The van der Waals surface area contributed by atoms with Gasteiger partial charge in [0.1, 0.15) is 6.54 Å². The maximum absolute atomic E-state index is 12.0. The molecule has 1 atom stereocenters. The van der Waals surface area contributed by atoms with Gasteiger partial charge in [-0.15, -0.1) is 0 Å². The highest BCUT2D eigenvalue weighted by molar-refractivity contribution is 5.70. The second-order valence-electron chi connectivity index (χ2n) is 8.76. The van der Waals surface area contributed by atoms with Gasteiger partial charge in [0.05, 0.1) is 21.1 Å². The third-order valence-corrected chi connectivity index (χ3v) is 4.35. The third kappa shape index (κ3) is 22.3. The molecule has 180 valence electrons. The predicted molar refractivity (Wildman–Crippen MR) is 131 cm³/mol. The number of unbranched alkanes of at least 4 members (excludes halogenated alkanes) is 1. The molecule has 32 heavy (non-hydrogen) atoms. The molecule has 5 nitrogen and oxygen atoms in total. The molecule has 0 spiro atoms. The first-order chi connectivity index (χ1) is 15.2. The fraction of sp³-hybridized carbons (Fsp3) is 0.556. The number of allylic oxidation sites excluding steroid dienone is 10. The molecule has 0 saturated heterocycles. The van der Waals surface area contributed by atoms with Crippen molar-refractivity contribution in [3.63, 3.8) is 0 Å². The monoisotopic (exact) mass is 445 g/mol. The van der Waals surface area contributed by atoms with Gasteiger partial charge < -0.3 is 19.1 Å². The second kappa shape index (κ2) is 19.3. The number of hydrogen-bond donors (Lipinski definition) is 0. The zero-order chi connectivity index (χ0) is 24.1. The minimum atomic E-state index is -1.20. The van der Waals surface area contributed by atoms with Crippen molar-refractivity contribution in [2.24, 2.45) is 0 Å². The summed E-state index contributed by atoms with van der Waals surface area (Å²) in [5.74, 6) is -1.55. The van der Waals surface area contributed by atoms with Gasteiger partial charge in [-0.3, -0.25) is 4.79 Å². The van der Waals surface area contributed by atoms with E-state index in [1.165, 1.54) is 0 Å². The largest absolute Gasteiger partial charge is 0.550 e. The van der Waals surface area contributed by atoms with Crippen molar-refractivity contribution in [1.29, 1.82) is 0 Å². The maximum atomic E-state index is 12.0. The van der Waals surface area contributed by atoms with E-state index in [4.69, 9.17) is 4.74 Å². The van der Waals surface area contributed by atoms with Gasteiger partial charge in [0.2, 0.25) is 0 Å². The van der Waals surface area contributed by atoms with Crippen LogP contribution in [0.2, 0.25) is 0 Å². The van der Waals surface area contributed by atoms with Gasteiger partial charge >= 0.3 is 5.97 Å². The Morgan fingerprint density at radius 1 is 0.812 bits per heavy atom. The van der Waals surface area contributed by atoms with Crippen molar-refractivity contribution in [2.75, 3.05) is 27.7 Å². The molecular weight excluding hydrogens is 402 g/mol. The first-order valence-electron chi connectivity index (χ1n) is 11.7. The average molecular weight is 446 g/mol. The number of rotatable bonds is 18. The van der Waals surface area contributed by atoms with Crippen LogP contribution in [0.1, 0.15) is 64.7 Å². The van der Waals surface area contributed by atoms with E-state index in [-0.39, 0.29) is 18.8 Å². The Hall–Kier alpha value is -2.40. The predicted octanol–water partition coefficient (Wildman–Crippen LogP) is 4.67. The Kier molecular flexibility index (Phi) is 17.9. The summed E-state index contributed by atoms with van der Waals surface area (Å²) in [5, 5.41) is 10.9. The molecular formula is C27H43NO4. The summed E-state index contributed by atoms with van der Waals surface area (Å²) in [6.45, 7) is 2.58. The van der Waals surface area contributed by atoms with E-state index in [1.807, 2.05) is 21.1 Å². The zero-order valence-electron chi connectivity index (χ0n) is 20.5. The van der Waals surface area contributed by atoms with E-state index in [0.29, 0.717) is 17.4 Å². The van der Waals surface area contributed by atoms with Crippen LogP contribution in [0, 0.1) is 0 Å². The SMILES string of the molecule is CC/C=C\C/C=C\C/C=C\C/C=C\C/C=C\CCCC(=O)OC(CC(=O)[O-])C[N+](C)(C)C. The Bertz CT molecular complexity index is 651. The lowest BCUT2D eigenvalue weighted by molar-refractivity contribution is -0.873. The number of quaternary nitrogens is 1. The first kappa shape index (κ1) is 29.6. The Morgan fingerprint density at radius 3 is 1.72 bits per heavy atom. The summed E-state index contributed by atoms with van der Waals surface area (Å²) >= 11 is 0. The summed E-state index contributed by atoms with van der Waals surface area (Å²) in [4.78, 5) is 22.9. The summed E-state index contributed by atoms with van der Waals surface area (Å²) in [6, 6.07) is 0. The first-order valence-corrected chi connectivity index (χ1v) is 11.7. The summed E-state index contributed by atoms with van der Waals surface area (Å²) in [5.41, 5.74) is 0. The molecule has 0 aromatic carbocycles. The number of esters is 1. The molecule has 0 bridgehead atoms. The van der Waals surface area contributed by atoms with E-state index in [1.54, 1.807) is 0 Å². The molecule has 0 N–H and O–H groups in total. The molecule has 0 saturated carbocycles. The van der Waals surface area contributed by atoms with Gasteiger partial charge in [-0.05, 0) is 44.9 Å². The molecule has 0 aromatic heterocycles. The van der Waals surface area contributed by atoms with Gasteiger partial charge in [-0.1, -0.05) is 67.7 Å². The molecule has 0 aliphatic carbocycles. The lowest BCUT2D eigenvalue weighted by Gasteiger charge is -2.29. The third-order valence-electron chi connectivity index (χ3n) is 4.35. The van der Waals surface area contributed by atoms with Crippen LogP contribution in [0.5, 0.6) is 0 Å². The van der Waals surface area contributed by atoms with E-state index in [0.717, 1.165) is 38.5 Å². The van der Waals surface area contributed by atoms with Crippen molar-refractivity contribution in [2.45, 2.75) is 70.8 Å². The van der Waals surface area contributed by atoms with Crippen molar-refractivity contribution in [1.82, 2.24) is 0 Å². The van der Waals surface area contributed by atoms with Crippen molar-refractivity contribution < 1.29 is 23.9 Å². The molecule has 0 fully saturated rings. The van der Waals surface area contributed by atoms with Gasteiger partial charge in [-0.2, -0.15) is 0 Å². The Labute approximate surface area is 195 Å². The quantitative estimate of drug-likeness (QED) is 0.133. The molecule has 0 radical (unpaired) electrons. The number of carboxylic acids is 1. The summed E-state index contributed by atoms with van der Waals surface area (Å²) in [7, 11) is 5.78. The molecule has 0 aromatic rings. The van der Waals surface area contributed by atoms with Crippen LogP contribution < -0.4 is 5.11 Å². The smallest absolute Gasteiger partial charge is 0.306 e. The highest BCUT2D eigenvalue weighted by Gasteiger charge is 2.22. The minimum Gasteiger partial charge on any atom is -0.550 e. The van der Waals surface area contributed by atoms with Gasteiger partial charge in [0.15, 0.2) is 6.10 Å². The van der Waals surface area contributed by atoms with Crippen LogP contribution in [0.3, 0.4) is 0 Å². The molecule has 0 rings (SSSR count).